The molecule has 0 atom stereocenters. The third-order valence-corrected chi connectivity index (χ3v) is 2.72. The fourth-order valence-electron chi connectivity index (χ4n) is 1.85. The van der Waals surface area contributed by atoms with Crippen molar-refractivity contribution in [3.05, 3.63) is 47.3 Å². The average Bonchev–Trinajstić information content (AvgIpc) is 2.68. The Morgan fingerprint density at radius 2 is 2.16 bits per heavy atom. The summed E-state index contributed by atoms with van der Waals surface area (Å²) in [6.07, 6.45) is 0. The number of hydrogen-bond donors (Lipinski definition) is 1. The van der Waals surface area contributed by atoms with Gasteiger partial charge in [0.15, 0.2) is 0 Å². The summed E-state index contributed by atoms with van der Waals surface area (Å²) in [5.74, 6) is -0.200. The highest BCUT2D eigenvalue weighted by Crippen LogP contribution is 2.13. The first-order valence-electron chi connectivity index (χ1n) is 5.90. The first kappa shape index (κ1) is 12.8. The molecule has 0 fully saturated rings. The van der Waals surface area contributed by atoms with Crippen LogP contribution < -0.4 is 5.32 Å². The summed E-state index contributed by atoms with van der Waals surface area (Å²) in [4.78, 5) is 11.9. The fourth-order valence-corrected chi connectivity index (χ4v) is 1.85. The molecule has 1 heterocycles. The van der Waals surface area contributed by atoms with E-state index in [0.29, 0.717) is 11.3 Å². The molecular weight excluding hydrogens is 240 g/mol. The van der Waals surface area contributed by atoms with Crippen molar-refractivity contribution in [2.45, 2.75) is 20.4 Å². The summed E-state index contributed by atoms with van der Waals surface area (Å²) in [6, 6.07) is 10.9. The summed E-state index contributed by atoms with van der Waals surface area (Å²) in [7, 11) is 0. The van der Waals surface area contributed by atoms with Crippen LogP contribution in [-0.4, -0.2) is 15.7 Å². The lowest BCUT2D eigenvalue weighted by Crippen LogP contribution is -2.20. The zero-order chi connectivity index (χ0) is 13.8. The van der Waals surface area contributed by atoms with Gasteiger partial charge in [-0.1, -0.05) is 12.1 Å². The van der Waals surface area contributed by atoms with E-state index >= 15 is 0 Å². The number of aryl methyl sites for hydroxylation is 2. The molecule has 2 rings (SSSR count). The summed E-state index contributed by atoms with van der Waals surface area (Å²) >= 11 is 0. The molecule has 0 unspecified atom stereocenters. The molecule has 0 spiro atoms. The van der Waals surface area contributed by atoms with Crippen LogP contribution in [0.3, 0.4) is 0 Å². The highest BCUT2D eigenvalue weighted by Gasteiger charge is 2.09. The van der Waals surface area contributed by atoms with Crippen LogP contribution in [0.1, 0.15) is 17.0 Å². The molecule has 5 nitrogen and oxygen atoms in total. The lowest BCUT2D eigenvalue weighted by Gasteiger charge is -2.07. The van der Waals surface area contributed by atoms with Gasteiger partial charge in [-0.15, -0.1) is 0 Å². The van der Waals surface area contributed by atoms with Gasteiger partial charge in [-0.05, 0) is 32.0 Å². The van der Waals surface area contributed by atoms with Crippen LogP contribution in [0.5, 0.6) is 0 Å². The maximum atomic E-state index is 11.9. The Morgan fingerprint density at radius 3 is 2.79 bits per heavy atom. The lowest BCUT2D eigenvalue weighted by atomic mass is 10.2. The molecule has 2 aromatic rings. The van der Waals surface area contributed by atoms with Gasteiger partial charge in [0.05, 0.1) is 16.9 Å². The van der Waals surface area contributed by atoms with E-state index in [1.165, 1.54) is 0 Å². The van der Waals surface area contributed by atoms with Gasteiger partial charge in [0, 0.05) is 5.69 Å². The summed E-state index contributed by atoms with van der Waals surface area (Å²) < 4.78 is 1.64. The molecular formula is C14H14N4O. The Balaban J connectivity index is 2.10. The number of para-hydroxylation sites is 1. The fraction of sp³-hybridized carbons (Fsp3) is 0.214. The van der Waals surface area contributed by atoms with Gasteiger partial charge >= 0.3 is 0 Å². The highest BCUT2D eigenvalue weighted by atomic mass is 16.2. The quantitative estimate of drug-likeness (QED) is 0.910. The second kappa shape index (κ2) is 5.36. The van der Waals surface area contributed by atoms with Gasteiger partial charge in [-0.3, -0.25) is 9.48 Å². The van der Waals surface area contributed by atoms with Crippen LogP contribution in [0.25, 0.3) is 0 Å². The number of benzene rings is 1. The van der Waals surface area contributed by atoms with Gasteiger partial charge in [-0.25, -0.2) is 0 Å². The third-order valence-electron chi connectivity index (χ3n) is 2.72. The number of nitrogens with zero attached hydrogens (tertiary/aromatic N) is 3. The number of hydrogen-bond acceptors (Lipinski definition) is 3. The molecule has 96 valence electrons. The Labute approximate surface area is 111 Å². The highest BCUT2D eigenvalue weighted by molar-refractivity contribution is 5.91. The SMILES string of the molecule is Cc1cc(C)n(CC(=O)Nc2ccccc2C#N)n1. The van der Waals surface area contributed by atoms with Crippen molar-refractivity contribution >= 4 is 11.6 Å². The minimum atomic E-state index is -0.200. The van der Waals surface area contributed by atoms with Crippen molar-refractivity contribution in [3.63, 3.8) is 0 Å². The largest absolute Gasteiger partial charge is 0.323 e. The van der Waals surface area contributed by atoms with E-state index in [9.17, 15) is 4.79 Å². The second-order valence-electron chi connectivity index (χ2n) is 4.29. The maximum absolute atomic E-state index is 11.9. The van der Waals surface area contributed by atoms with Gasteiger partial charge in [0.25, 0.3) is 0 Å². The molecule has 0 bridgehead atoms. The van der Waals surface area contributed by atoms with E-state index in [1.807, 2.05) is 26.0 Å². The molecule has 0 aliphatic rings. The van der Waals surface area contributed by atoms with Crippen molar-refractivity contribution in [3.8, 4) is 6.07 Å². The van der Waals surface area contributed by atoms with Crippen LogP contribution in [0.4, 0.5) is 5.69 Å². The topological polar surface area (TPSA) is 70.7 Å². The van der Waals surface area contributed by atoms with E-state index in [-0.39, 0.29) is 12.5 Å². The number of nitrogens with one attached hydrogen (secondary N) is 1. The summed E-state index contributed by atoms with van der Waals surface area (Å²) in [5, 5.41) is 15.9. The van der Waals surface area contributed by atoms with Crippen LogP contribution >= 0.6 is 0 Å². The third kappa shape index (κ3) is 2.99. The van der Waals surface area contributed by atoms with Gasteiger partial charge in [-0.2, -0.15) is 10.4 Å². The summed E-state index contributed by atoms with van der Waals surface area (Å²) in [5.41, 5.74) is 2.78. The van der Waals surface area contributed by atoms with E-state index in [4.69, 9.17) is 5.26 Å². The molecule has 0 radical (unpaired) electrons. The smallest absolute Gasteiger partial charge is 0.246 e. The number of amides is 1. The van der Waals surface area contributed by atoms with Crippen molar-refractivity contribution in [2.24, 2.45) is 0 Å². The zero-order valence-electron chi connectivity index (χ0n) is 10.8. The van der Waals surface area contributed by atoms with Gasteiger partial charge < -0.3 is 5.32 Å². The van der Waals surface area contributed by atoms with Crippen LogP contribution in [0.2, 0.25) is 0 Å². The second-order valence-corrected chi connectivity index (χ2v) is 4.29. The number of carbonyl (C=O) groups excluding carboxylic acids is 1. The number of carbonyl (C=O) groups is 1. The predicted molar refractivity (Wildman–Crippen MR) is 71.5 cm³/mol. The summed E-state index contributed by atoms with van der Waals surface area (Å²) in [6.45, 7) is 3.92. The predicted octanol–water partition coefficient (Wildman–Crippen LogP) is 2.01. The number of anilines is 1. The molecule has 1 aromatic heterocycles. The van der Waals surface area contributed by atoms with E-state index in [2.05, 4.69) is 10.4 Å². The molecule has 0 aliphatic heterocycles. The Hall–Kier alpha value is -2.61. The van der Waals surface area contributed by atoms with E-state index in [0.717, 1.165) is 11.4 Å². The number of aromatic nitrogens is 2. The first-order chi connectivity index (χ1) is 9.10. The molecule has 19 heavy (non-hydrogen) atoms. The van der Waals surface area contributed by atoms with Crippen molar-refractivity contribution in [1.82, 2.24) is 9.78 Å². The molecule has 0 saturated carbocycles. The van der Waals surface area contributed by atoms with Crippen LogP contribution in [0, 0.1) is 25.2 Å². The molecule has 1 aromatic carbocycles. The van der Waals surface area contributed by atoms with E-state index in [1.54, 1.807) is 28.9 Å². The van der Waals surface area contributed by atoms with Gasteiger partial charge in [0.2, 0.25) is 5.91 Å². The first-order valence-corrected chi connectivity index (χ1v) is 5.90. The standard InChI is InChI=1S/C14H14N4O/c1-10-7-11(2)18(17-10)9-14(19)16-13-6-4-3-5-12(13)8-15/h3-7H,9H2,1-2H3,(H,16,19). The Bertz CT molecular complexity index is 652. The Kier molecular flexibility index (Phi) is 3.62. The van der Waals surface area contributed by atoms with Crippen LogP contribution in [0.15, 0.2) is 30.3 Å². The number of rotatable bonds is 3. The van der Waals surface area contributed by atoms with Crippen molar-refractivity contribution in [2.75, 3.05) is 5.32 Å². The maximum Gasteiger partial charge on any atom is 0.246 e. The molecule has 0 aliphatic carbocycles. The minimum Gasteiger partial charge on any atom is -0.323 e. The minimum absolute atomic E-state index is 0.138. The van der Waals surface area contributed by atoms with Crippen molar-refractivity contribution in [1.29, 1.82) is 5.26 Å². The van der Waals surface area contributed by atoms with Crippen LogP contribution in [-0.2, 0) is 11.3 Å². The molecule has 5 heteroatoms. The Morgan fingerprint density at radius 1 is 1.42 bits per heavy atom. The monoisotopic (exact) mass is 254 g/mol. The van der Waals surface area contributed by atoms with E-state index < -0.39 is 0 Å². The van der Waals surface area contributed by atoms with Crippen molar-refractivity contribution < 1.29 is 4.79 Å². The average molecular weight is 254 g/mol. The van der Waals surface area contributed by atoms with Gasteiger partial charge in [0.1, 0.15) is 12.6 Å². The molecule has 1 amide bonds. The normalized spacial score (nSPS) is 9.95. The molecule has 1 N–H and O–H groups in total. The molecule has 0 saturated heterocycles. The lowest BCUT2D eigenvalue weighted by molar-refractivity contribution is -0.116. The number of nitriles is 1. The zero-order valence-corrected chi connectivity index (χ0v) is 10.8.